The van der Waals surface area contributed by atoms with Crippen LogP contribution in [0.1, 0.15) is 23.2 Å². The average molecular weight is 408 g/mol. The number of hydrogen-bond donors (Lipinski definition) is 2. The molecule has 29 heavy (non-hydrogen) atoms. The zero-order valence-electron chi connectivity index (χ0n) is 15.3. The van der Waals surface area contributed by atoms with Crippen molar-refractivity contribution >= 4 is 23.2 Å². The second kappa shape index (κ2) is 8.95. The van der Waals surface area contributed by atoms with E-state index in [1.807, 2.05) is 0 Å². The number of para-hydroxylation sites is 2. The van der Waals surface area contributed by atoms with Crippen molar-refractivity contribution in [2.75, 3.05) is 23.8 Å². The van der Waals surface area contributed by atoms with Crippen LogP contribution in [0.5, 0.6) is 5.75 Å². The van der Waals surface area contributed by atoms with Gasteiger partial charge in [-0.25, -0.2) is 0 Å². The van der Waals surface area contributed by atoms with Gasteiger partial charge in [0.2, 0.25) is 0 Å². The quantitative estimate of drug-likeness (QED) is 0.758. The van der Waals surface area contributed by atoms with E-state index in [1.54, 1.807) is 18.2 Å². The van der Waals surface area contributed by atoms with Crippen molar-refractivity contribution in [3.63, 3.8) is 0 Å². The highest BCUT2D eigenvalue weighted by molar-refractivity contribution is 6.06. The summed E-state index contributed by atoms with van der Waals surface area (Å²) >= 11 is 0. The number of hydrogen-bond acceptors (Lipinski definition) is 4. The summed E-state index contributed by atoms with van der Waals surface area (Å²) < 4.78 is 47.3. The monoisotopic (exact) mass is 408 g/mol. The van der Waals surface area contributed by atoms with Crippen LogP contribution in [0, 0.1) is 0 Å². The number of carbonyl (C=O) groups excluding carboxylic acids is 2. The van der Waals surface area contributed by atoms with Gasteiger partial charge < -0.3 is 20.1 Å². The highest BCUT2D eigenvalue weighted by atomic mass is 19.4. The minimum Gasteiger partial charge on any atom is -0.482 e. The summed E-state index contributed by atoms with van der Waals surface area (Å²) in [6.45, 7) is -0.930. The number of ether oxygens (including phenoxy) is 2. The van der Waals surface area contributed by atoms with Crippen LogP contribution in [0.4, 0.5) is 24.5 Å². The Balaban J connectivity index is 1.67. The lowest BCUT2D eigenvalue weighted by atomic mass is 10.1. The Hall–Kier alpha value is -3.07. The second-order valence-electron chi connectivity index (χ2n) is 6.43. The number of amides is 2. The summed E-state index contributed by atoms with van der Waals surface area (Å²) in [7, 11) is 0. The molecule has 3 rings (SSSR count). The first kappa shape index (κ1) is 20.7. The summed E-state index contributed by atoms with van der Waals surface area (Å²) in [5, 5.41) is 5.23. The maximum absolute atomic E-state index is 12.5. The standard InChI is InChI=1S/C20H19F3N2O4/c21-20(22,23)12-29-16-8-2-1-7-15(16)25-18(26)13-5-3-6-14(11-13)24-19(27)17-9-4-10-28-17/h1-3,5-8,11,17H,4,9-10,12H2,(H,24,27)(H,25,26)/t17-/m0/s1. The maximum Gasteiger partial charge on any atom is 0.422 e. The number of nitrogens with one attached hydrogen (secondary N) is 2. The van der Waals surface area contributed by atoms with Gasteiger partial charge in [0.15, 0.2) is 6.61 Å². The smallest absolute Gasteiger partial charge is 0.422 e. The number of rotatable bonds is 6. The lowest BCUT2D eigenvalue weighted by Gasteiger charge is -2.14. The van der Waals surface area contributed by atoms with Crippen LogP contribution >= 0.6 is 0 Å². The highest BCUT2D eigenvalue weighted by Gasteiger charge is 2.29. The van der Waals surface area contributed by atoms with Crippen molar-refractivity contribution in [2.24, 2.45) is 0 Å². The van der Waals surface area contributed by atoms with E-state index in [1.165, 1.54) is 30.3 Å². The Bertz CT molecular complexity index is 880. The molecule has 1 heterocycles. The fraction of sp³-hybridized carbons (Fsp3) is 0.300. The molecular formula is C20H19F3N2O4. The van der Waals surface area contributed by atoms with E-state index in [9.17, 15) is 22.8 Å². The van der Waals surface area contributed by atoms with Gasteiger partial charge in [-0.1, -0.05) is 18.2 Å². The van der Waals surface area contributed by atoms with E-state index < -0.39 is 24.8 Å². The van der Waals surface area contributed by atoms with Crippen LogP contribution in [0.2, 0.25) is 0 Å². The molecule has 1 saturated heterocycles. The van der Waals surface area contributed by atoms with Gasteiger partial charge in [0, 0.05) is 17.9 Å². The normalized spacial score (nSPS) is 16.3. The van der Waals surface area contributed by atoms with Crippen molar-refractivity contribution in [3.05, 3.63) is 54.1 Å². The van der Waals surface area contributed by atoms with Crippen molar-refractivity contribution in [1.29, 1.82) is 0 Å². The molecule has 1 aliphatic heterocycles. The number of anilines is 2. The minimum atomic E-state index is -4.49. The molecule has 0 spiro atoms. The molecule has 2 amide bonds. The van der Waals surface area contributed by atoms with Gasteiger partial charge >= 0.3 is 6.18 Å². The zero-order chi connectivity index (χ0) is 20.9. The lowest BCUT2D eigenvalue weighted by molar-refractivity contribution is -0.153. The predicted molar refractivity (Wildman–Crippen MR) is 100.0 cm³/mol. The first-order valence-corrected chi connectivity index (χ1v) is 8.94. The SMILES string of the molecule is O=C(Nc1ccccc1OCC(F)(F)F)c1cccc(NC(=O)[C@@H]2CCCO2)c1. The molecule has 1 atom stereocenters. The molecule has 0 unspecified atom stereocenters. The first-order valence-electron chi connectivity index (χ1n) is 8.94. The predicted octanol–water partition coefficient (Wildman–Crippen LogP) is 4.00. The molecular weight excluding hydrogens is 389 g/mol. The highest BCUT2D eigenvalue weighted by Crippen LogP contribution is 2.27. The van der Waals surface area contributed by atoms with Crippen LogP contribution in [0.25, 0.3) is 0 Å². The Morgan fingerprint density at radius 3 is 2.62 bits per heavy atom. The molecule has 2 aromatic carbocycles. The van der Waals surface area contributed by atoms with Gasteiger partial charge in [0.25, 0.3) is 11.8 Å². The number of carbonyl (C=O) groups is 2. The van der Waals surface area contributed by atoms with Crippen molar-refractivity contribution < 1.29 is 32.2 Å². The van der Waals surface area contributed by atoms with Crippen LogP contribution in [-0.2, 0) is 9.53 Å². The molecule has 1 fully saturated rings. The van der Waals surface area contributed by atoms with E-state index >= 15 is 0 Å². The molecule has 9 heteroatoms. The van der Waals surface area contributed by atoms with Crippen molar-refractivity contribution in [3.8, 4) is 5.75 Å². The number of benzene rings is 2. The van der Waals surface area contributed by atoms with Crippen LogP contribution in [-0.4, -0.2) is 37.3 Å². The van der Waals surface area contributed by atoms with E-state index in [0.29, 0.717) is 18.7 Å². The van der Waals surface area contributed by atoms with Crippen LogP contribution in [0.15, 0.2) is 48.5 Å². The largest absolute Gasteiger partial charge is 0.482 e. The van der Waals surface area contributed by atoms with Gasteiger partial charge in [0.05, 0.1) is 5.69 Å². The summed E-state index contributed by atoms with van der Waals surface area (Å²) in [4.78, 5) is 24.7. The van der Waals surface area contributed by atoms with Gasteiger partial charge in [-0.15, -0.1) is 0 Å². The van der Waals surface area contributed by atoms with Crippen molar-refractivity contribution in [1.82, 2.24) is 0 Å². The summed E-state index contributed by atoms with van der Waals surface area (Å²) in [5.41, 5.74) is 0.746. The topological polar surface area (TPSA) is 76.7 Å². The minimum absolute atomic E-state index is 0.0963. The Morgan fingerprint density at radius 2 is 1.90 bits per heavy atom. The summed E-state index contributed by atoms with van der Waals surface area (Å²) in [6.07, 6.45) is -3.55. The first-order chi connectivity index (χ1) is 13.8. The molecule has 0 bridgehead atoms. The number of halogens is 3. The number of alkyl halides is 3. The van der Waals surface area contributed by atoms with Gasteiger partial charge in [-0.3, -0.25) is 9.59 Å². The maximum atomic E-state index is 12.5. The summed E-state index contributed by atoms with van der Waals surface area (Å²) in [6, 6.07) is 12.1. The van der Waals surface area contributed by atoms with Crippen LogP contribution in [0.3, 0.4) is 0 Å². The van der Waals surface area contributed by atoms with E-state index in [2.05, 4.69) is 10.6 Å². The molecule has 6 nitrogen and oxygen atoms in total. The molecule has 0 radical (unpaired) electrons. The fourth-order valence-corrected chi connectivity index (χ4v) is 2.80. The van der Waals surface area contributed by atoms with E-state index in [0.717, 1.165) is 6.42 Å². The summed E-state index contributed by atoms with van der Waals surface area (Å²) in [5.74, 6) is -0.937. The second-order valence-corrected chi connectivity index (χ2v) is 6.43. The molecule has 0 saturated carbocycles. The Morgan fingerprint density at radius 1 is 1.10 bits per heavy atom. The third-order valence-electron chi connectivity index (χ3n) is 4.14. The third-order valence-corrected chi connectivity index (χ3v) is 4.14. The molecule has 1 aliphatic rings. The molecule has 2 aromatic rings. The van der Waals surface area contributed by atoms with Gasteiger partial charge in [0.1, 0.15) is 11.9 Å². The van der Waals surface area contributed by atoms with E-state index in [4.69, 9.17) is 9.47 Å². The van der Waals surface area contributed by atoms with Crippen LogP contribution < -0.4 is 15.4 Å². The lowest BCUT2D eigenvalue weighted by Crippen LogP contribution is -2.27. The molecule has 0 aliphatic carbocycles. The average Bonchev–Trinajstić information content (AvgIpc) is 3.22. The zero-order valence-corrected chi connectivity index (χ0v) is 15.3. The third kappa shape index (κ3) is 5.95. The van der Waals surface area contributed by atoms with Crippen molar-refractivity contribution in [2.45, 2.75) is 25.1 Å². The molecule has 154 valence electrons. The van der Waals surface area contributed by atoms with Gasteiger partial charge in [-0.05, 0) is 43.2 Å². The molecule has 0 aromatic heterocycles. The van der Waals surface area contributed by atoms with Gasteiger partial charge in [-0.2, -0.15) is 13.2 Å². The Labute approximate surface area is 165 Å². The Kier molecular flexibility index (Phi) is 6.38. The molecule has 2 N–H and O–H groups in total. The van der Waals surface area contributed by atoms with E-state index in [-0.39, 0.29) is 22.9 Å². The fourth-order valence-electron chi connectivity index (χ4n) is 2.80.